The van der Waals surface area contributed by atoms with Crippen LogP contribution < -0.4 is 5.32 Å². The maximum Gasteiger partial charge on any atom is 0.224 e. The van der Waals surface area contributed by atoms with Crippen LogP contribution in [0.3, 0.4) is 0 Å². The Morgan fingerprint density at radius 3 is 2.88 bits per heavy atom. The van der Waals surface area contributed by atoms with Crippen LogP contribution in [0.2, 0.25) is 5.02 Å². The number of halogens is 2. The van der Waals surface area contributed by atoms with Crippen LogP contribution in [0.4, 0.5) is 5.69 Å². The van der Waals surface area contributed by atoms with Crippen molar-refractivity contribution in [2.75, 3.05) is 5.32 Å². The lowest BCUT2D eigenvalue weighted by Crippen LogP contribution is -2.11. The summed E-state index contributed by atoms with van der Waals surface area (Å²) in [6.45, 7) is 2.12. The lowest BCUT2D eigenvalue weighted by Gasteiger charge is -2.08. The van der Waals surface area contributed by atoms with E-state index in [1.54, 1.807) is 6.07 Å². The summed E-state index contributed by atoms with van der Waals surface area (Å²) >= 11 is 9.27. The van der Waals surface area contributed by atoms with Gasteiger partial charge in [-0.3, -0.25) is 4.79 Å². The second-order valence-corrected chi connectivity index (χ2v) is 4.81. The van der Waals surface area contributed by atoms with Gasteiger partial charge in [-0.25, -0.2) is 0 Å². The summed E-state index contributed by atoms with van der Waals surface area (Å²) in [5.74, 6) is 0.0383. The molecule has 0 bridgehead atoms. The van der Waals surface area contributed by atoms with Crippen LogP contribution >= 0.6 is 27.5 Å². The Kier molecular flexibility index (Phi) is 5.85. The highest BCUT2D eigenvalue weighted by Gasteiger charge is 2.07. The summed E-state index contributed by atoms with van der Waals surface area (Å²) in [4.78, 5) is 11.6. The fourth-order valence-corrected chi connectivity index (χ4v) is 1.89. The lowest BCUT2D eigenvalue weighted by molar-refractivity contribution is -0.116. The molecule has 0 aromatic heterocycles. The lowest BCUT2D eigenvalue weighted by atomic mass is 10.2. The quantitative estimate of drug-likeness (QED) is 0.790. The predicted octanol–water partition coefficient (Wildman–Crippen LogP) is 4.62. The topological polar surface area (TPSA) is 29.1 Å². The first-order chi connectivity index (χ1) is 7.65. The van der Waals surface area contributed by atoms with Gasteiger partial charge in [0.15, 0.2) is 0 Å². The molecule has 0 unspecified atom stereocenters. The summed E-state index contributed by atoms with van der Waals surface area (Å²) in [6, 6.07) is 5.42. The number of unbranched alkanes of at least 4 members (excludes halogenated alkanes) is 2. The Labute approximate surface area is 110 Å². The van der Waals surface area contributed by atoms with E-state index >= 15 is 0 Å². The number of benzene rings is 1. The van der Waals surface area contributed by atoms with Crippen molar-refractivity contribution < 1.29 is 4.79 Å². The molecule has 2 nitrogen and oxygen atoms in total. The Bertz CT molecular complexity index is 368. The highest BCUT2D eigenvalue weighted by molar-refractivity contribution is 9.10. The van der Waals surface area contributed by atoms with Crippen LogP contribution in [0.1, 0.15) is 32.6 Å². The van der Waals surface area contributed by atoms with Crippen LogP contribution in [0.25, 0.3) is 0 Å². The zero-order chi connectivity index (χ0) is 12.0. The van der Waals surface area contributed by atoms with Crippen molar-refractivity contribution in [3.63, 3.8) is 0 Å². The number of carbonyl (C=O) groups excluding carboxylic acids is 1. The smallest absolute Gasteiger partial charge is 0.224 e. The van der Waals surface area contributed by atoms with Crippen molar-refractivity contribution >= 4 is 39.1 Å². The van der Waals surface area contributed by atoms with Gasteiger partial charge in [0.1, 0.15) is 0 Å². The van der Waals surface area contributed by atoms with E-state index in [1.165, 1.54) is 0 Å². The highest BCUT2D eigenvalue weighted by atomic mass is 79.9. The Balaban J connectivity index is 2.53. The maximum absolute atomic E-state index is 11.6. The average Bonchev–Trinajstić information content (AvgIpc) is 2.25. The molecule has 0 aliphatic heterocycles. The van der Waals surface area contributed by atoms with E-state index in [1.807, 2.05) is 12.1 Å². The number of carbonyl (C=O) groups is 1. The van der Waals surface area contributed by atoms with E-state index in [0.29, 0.717) is 11.4 Å². The van der Waals surface area contributed by atoms with Gasteiger partial charge in [0, 0.05) is 6.42 Å². The Morgan fingerprint density at radius 2 is 2.19 bits per heavy atom. The van der Waals surface area contributed by atoms with E-state index in [9.17, 15) is 4.79 Å². The molecule has 0 aliphatic carbocycles. The molecule has 1 aromatic rings. The van der Waals surface area contributed by atoms with Crippen molar-refractivity contribution in [1.82, 2.24) is 0 Å². The van der Waals surface area contributed by atoms with Gasteiger partial charge in [-0.05, 0) is 34.5 Å². The van der Waals surface area contributed by atoms with Gasteiger partial charge in [-0.15, -0.1) is 0 Å². The second-order valence-electron chi connectivity index (χ2n) is 3.61. The van der Waals surface area contributed by atoms with E-state index in [2.05, 4.69) is 28.2 Å². The first-order valence-corrected chi connectivity index (χ1v) is 6.56. The molecular formula is C12H15BrClNO. The maximum atomic E-state index is 11.6. The van der Waals surface area contributed by atoms with Crippen LogP contribution in [0.5, 0.6) is 0 Å². The number of nitrogens with one attached hydrogen (secondary N) is 1. The second kappa shape index (κ2) is 6.92. The fraction of sp³-hybridized carbons (Fsp3) is 0.417. The molecule has 0 aliphatic rings. The van der Waals surface area contributed by atoms with E-state index in [0.717, 1.165) is 29.4 Å². The minimum absolute atomic E-state index is 0.0383. The van der Waals surface area contributed by atoms with Crippen LogP contribution in [-0.4, -0.2) is 5.91 Å². The van der Waals surface area contributed by atoms with Gasteiger partial charge in [0.05, 0.1) is 15.2 Å². The average molecular weight is 305 g/mol. The Hall–Kier alpha value is -0.540. The molecule has 0 spiro atoms. The van der Waals surface area contributed by atoms with Crippen LogP contribution in [-0.2, 0) is 4.79 Å². The van der Waals surface area contributed by atoms with Gasteiger partial charge in [-0.2, -0.15) is 0 Å². The van der Waals surface area contributed by atoms with E-state index < -0.39 is 0 Å². The van der Waals surface area contributed by atoms with E-state index in [-0.39, 0.29) is 5.91 Å². The SMILES string of the molecule is CCCCCC(=O)Nc1cccc(Cl)c1Br. The van der Waals surface area contributed by atoms with Crippen molar-refractivity contribution in [3.8, 4) is 0 Å². The molecule has 4 heteroatoms. The third kappa shape index (κ3) is 4.14. The number of amides is 1. The van der Waals surface area contributed by atoms with Gasteiger partial charge >= 0.3 is 0 Å². The predicted molar refractivity (Wildman–Crippen MR) is 71.9 cm³/mol. The largest absolute Gasteiger partial charge is 0.325 e. The molecule has 1 aromatic carbocycles. The number of hydrogen-bond donors (Lipinski definition) is 1. The Morgan fingerprint density at radius 1 is 1.44 bits per heavy atom. The van der Waals surface area contributed by atoms with Gasteiger partial charge in [0.2, 0.25) is 5.91 Å². The number of rotatable bonds is 5. The number of hydrogen-bond acceptors (Lipinski definition) is 1. The first kappa shape index (κ1) is 13.5. The highest BCUT2D eigenvalue weighted by Crippen LogP contribution is 2.30. The molecule has 1 amide bonds. The molecule has 0 saturated heterocycles. The van der Waals surface area contributed by atoms with Crippen molar-refractivity contribution in [3.05, 3.63) is 27.7 Å². The third-order valence-corrected chi connectivity index (χ3v) is 3.63. The molecular weight excluding hydrogens is 289 g/mol. The van der Waals surface area contributed by atoms with Crippen LogP contribution in [0.15, 0.2) is 22.7 Å². The zero-order valence-electron chi connectivity index (χ0n) is 9.22. The molecule has 16 heavy (non-hydrogen) atoms. The molecule has 0 atom stereocenters. The normalized spacial score (nSPS) is 10.2. The molecule has 1 N–H and O–H groups in total. The molecule has 0 heterocycles. The zero-order valence-corrected chi connectivity index (χ0v) is 11.6. The summed E-state index contributed by atoms with van der Waals surface area (Å²) in [5.41, 5.74) is 0.731. The van der Waals surface area contributed by atoms with Gasteiger partial charge in [-0.1, -0.05) is 37.4 Å². The fourth-order valence-electron chi connectivity index (χ4n) is 1.35. The van der Waals surface area contributed by atoms with Gasteiger partial charge < -0.3 is 5.32 Å². The van der Waals surface area contributed by atoms with Crippen LogP contribution in [0, 0.1) is 0 Å². The molecule has 0 fully saturated rings. The summed E-state index contributed by atoms with van der Waals surface area (Å²) < 4.78 is 0.737. The monoisotopic (exact) mass is 303 g/mol. The number of anilines is 1. The minimum Gasteiger partial charge on any atom is -0.325 e. The van der Waals surface area contributed by atoms with E-state index in [4.69, 9.17) is 11.6 Å². The summed E-state index contributed by atoms with van der Waals surface area (Å²) in [7, 11) is 0. The standard InChI is InChI=1S/C12H15BrClNO/c1-2-3-4-8-11(16)15-10-7-5-6-9(14)12(10)13/h5-7H,2-4,8H2,1H3,(H,15,16). The third-order valence-electron chi connectivity index (χ3n) is 2.23. The first-order valence-electron chi connectivity index (χ1n) is 5.39. The summed E-state index contributed by atoms with van der Waals surface area (Å²) in [6.07, 6.45) is 3.70. The van der Waals surface area contributed by atoms with Crippen molar-refractivity contribution in [2.45, 2.75) is 32.6 Å². The molecule has 1 rings (SSSR count). The van der Waals surface area contributed by atoms with Crippen molar-refractivity contribution in [1.29, 1.82) is 0 Å². The molecule has 88 valence electrons. The van der Waals surface area contributed by atoms with Crippen molar-refractivity contribution in [2.24, 2.45) is 0 Å². The summed E-state index contributed by atoms with van der Waals surface area (Å²) in [5, 5.41) is 3.44. The molecule has 0 radical (unpaired) electrons. The minimum atomic E-state index is 0.0383. The van der Waals surface area contributed by atoms with Gasteiger partial charge in [0.25, 0.3) is 0 Å². The molecule has 0 saturated carbocycles.